The number of halogens is 1. The number of hydrogen-bond donors (Lipinski definition) is 3. The normalized spacial score (nSPS) is 30.5. The summed E-state index contributed by atoms with van der Waals surface area (Å²) in [5.41, 5.74) is -0.732. The zero-order chi connectivity index (χ0) is 39.6. The maximum absolute atomic E-state index is 15.1. The zero-order valence-electron chi connectivity index (χ0n) is 32.3. The molecule has 0 bridgehead atoms. The second-order valence-corrected chi connectivity index (χ2v) is 19.8. The number of hydrogen-bond acceptors (Lipinski definition) is 9. The number of alkyl carbamates (subject to hydrolysis) is 1. The summed E-state index contributed by atoms with van der Waals surface area (Å²) in [6.45, 7) is 5.60. The summed E-state index contributed by atoms with van der Waals surface area (Å²) < 4.78 is 55.1. The van der Waals surface area contributed by atoms with Crippen LogP contribution in [0.5, 0.6) is 5.75 Å². The number of ether oxygens (including phenoxy) is 2. The molecule has 15 heteroatoms. The molecule has 56 heavy (non-hydrogen) atoms. The van der Waals surface area contributed by atoms with E-state index in [4.69, 9.17) is 14.5 Å². The van der Waals surface area contributed by atoms with Gasteiger partial charge in [-0.05, 0) is 83.1 Å². The third kappa shape index (κ3) is 7.24. The molecule has 3 aliphatic heterocycles. The van der Waals surface area contributed by atoms with Gasteiger partial charge in [-0.2, -0.15) is 0 Å². The van der Waals surface area contributed by atoms with E-state index in [1.165, 1.54) is 11.0 Å². The van der Waals surface area contributed by atoms with Gasteiger partial charge in [-0.25, -0.2) is 22.6 Å². The second kappa shape index (κ2) is 14.3. The lowest BCUT2D eigenvalue weighted by molar-refractivity contribution is -0.141. The van der Waals surface area contributed by atoms with Gasteiger partial charge in [0.1, 0.15) is 40.3 Å². The summed E-state index contributed by atoms with van der Waals surface area (Å²) in [6, 6.07) is 2.77. The molecule has 3 saturated carbocycles. The summed E-state index contributed by atoms with van der Waals surface area (Å²) in [4.78, 5) is 62.7. The smallest absolute Gasteiger partial charge is 0.407 e. The van der Waals surface area contributed by atoms with Gasteiger partial charge in [0.15, 0.2) is 0 Å². The summed E-state index contributed by atoms with van der Waals surface area (Å²) >= 11 is 0. The number of aromatic nitrogens is 1. The Balaban J connectivity index is 1.14. The van der Waals surface area contributed by atoms with Crippen LogP contribution < -0.4 is 20.1 Å². The van der Waals surface area contributed by atoms with Crippen LogP contribution in [-0.4, -0.2) is 83.2 Å². The van der Waals surface area contributed by atoms with Gasteiger partial charge in [0.2, 0.25) is 21.8 Å². The minimum atomic E-state index is -4.00. The molecule has 1 aromatic heterocycles. The average molecular weight is 794 g/mol. The molecule has 1 spiro atoms. The fourth-order valence-corrected chi connectivity index (χ4v) is 9.91. The minimum Gasteiger partial charge on any atom is -0.483 e. The van der Waals surface area contributed by atoms with Gasteiger partial charge in [-0.1, -0.05) is 51.0 Å². The van der Waals surface area contributed by atoms with E-state index in [1.54, 1.807) is 13.0 Å². The minimum absolute atomic E-state index is 0.0170. The molecular formula is C41H52FN5O8S. The van der Waals surface area contributed by atoms with E-state index in [-0.39, 0.29) is 37.8 Å². The standard InChI is InChI=1S/C41H52FN5O8S/c1-24(2)22-54-38(51)43-30-13-8-6-4-5-7-10-26-20-41(26,37(50)46-56(52,53)39(3)18-19-39)45-35(48)31-21-40(23-47(31)36(30)49)17-16-28-27-11-9-12-29(42)33(27)44-32(25-14-15-25)34(28)55-40/h7,9-12,24-26,30-31H,4-6,8,13-23H2,1-3H3,(H,43,51)(H,45,48)(H,46,50)/b10-7-/t26-,30+,31+,40-,41-/m1/s1. The SMILES string of the molecule is CC(C)COC(=O)N[C@H]1CCCCC/C=C\[C@@H]2C[C@@]2(C(=O)NS(=O)(=O)C2(C)CC2)NC(=O)[C@@H]2C[C@]3(CCc4c(c(C5CC5)nc5c(F)cccc45)O3)CN2C1=O. The van der Waals surface area contributed by atoms with E-state index in [1.807, 2.05) is 32.1 Å². The van der Waals surface area contributed by atoms with Gasteiger partial charge in [-0.3, -0.25) is 19.1 Å². The van der Waals surface area contributed by atoms with Crippen LogP contribution in [0.25, 0.3) is 10.9 Å². The van der Waals surface area contributed by atoms with Crippen molar-refractivity contribution in [1.29, 1.82) is 0 Å². The molecule has 3 N–H and O–H groups in total. The van der Waals surface area contributed by atoms with Crippen molar-refractivity contribution in [3.05, 3.63) is 47.4 Å². The number of carbonyl (C=O) groups is 4. The largest absolute Gasteiger partial charge is 0.483 e. The Bertz CT molecular complexity index is 2100. The summed E-state index contributed by atoms with van der Waals surface area (Å²) in [5.74, 6) is -1.96. The first-order valence-electron chi connectivity index (χ1n) is 20.2. The average Bonchev–Trinajstić information content (AvgIpc) is 4.09. The van der Waals surface area contributed by atoms with E-state index >= 15 is 4.39 Å². The molecule has 302 valence electrons. The van der Waals surface area contributed by atoms with E-state index in [2.05, 4.69) is 15.4 Å². The quantitative estimate of drug-likeness (QED) is 0.324. The van der Waals surface area contributed by atoms with Crippen LogP contribution in [0.3, 0.4) is 0 Å². The van der Waals surface area contributed by atoms with Gasteiger partial charge in [0, 0.05) is 29.2 Å². The Labute approximate surface area is 326 Å². The van der Waals surface area contributed by atoms with Crippen LogP contribution in [0, 0.1) is 17.7 Å². The zero-order valence-corrected chi connectivity index (χ0v) is 33.1. The molecule has 3 aliphatic carbocycles. The van der Waals surface area contributed by atoms with Crippen LogP contribution in [0.1, 0.15) is 115 Å². The molecule has 1 saturated heterocycles. The van der Waals surface area contributed by atoms with E-state index < -0.39 is 73.5 Å². The molecule has 4 amide bonds. The summed E-state index contributed by atoms with van der Waals surface area (Å²) in [7, 11) is -4.00. The number of allylic oxidation sites excluding steroid dienone is 1. The highest BCUT2D eigenvalue weighted by molar-refractivity contribution is 7.91. The van der Waals surface area contributed by atoms with Crippen LogP contribution in [0.4, 0.5) is 9.18 Å². The summed E-state index contributed by atoms with van der Waals surface area (Å²) in [5, 5.41) is 6.39. The lowest BCUT2D eigenvalue weighted by atomic mass is 9.86. The van der Waals surface area contributed by atoms with Crippen molar-refractivity contribution in [3.63, 3.8) is 0 Å². The monoisotopic (exact) mass is 793 g/mol. The van der Waals surface area contributed by atoms with E-state index in [0.29, 0.717) is 67.3 Å². The van der Waals surface area contributed by atoms with Crippen molar-refractivity contribution < 1.29 is 41.5 Å². The maximum Gasteiger partial charge on any atom is 0.407 e. The number of pyridine rings is 1. The van der Waals surface area contributed by atoms with Crippen molar-refractivity contribution in [2.24, 2.45) is 11.8 Å². The molecule has 0 unspecified atom stereocenters. The van der Waals surface area contributed by atoms with Crippen LogP contribution in [0.2, 0.25) is 0 Å². The maximum atomic E-state index is 15.1. The van der Waals surface area contributed by atoms with Gasteiger partial charge >= 0.3 is 6.09 Å². The summed E-state index contributed by atoms with van der Waals surface area (Å²) in [6.07, 6.45) is 10.1. The number of aryl methyl sites for hydroxylation is 1. The number of carbonyl (C=O) groups excluding carboxylic acids is 4. The van der Waals surface area contributed by atoms with Crippen LogP contribution in [0.15, 0.2) is 30.4 Å². The number of rotatable bonds is 7. The molecule has 4 fully saturated rings. The van der Waals surface area contributed by atoms with Gasteiger partial charge in [0.05, 0.1) is 23.6 Å². The first kappa shape index (κ1) is 38.6. The molecule has 13 nitrogen and oxygen atoms in total. The van der Waals surface area contributed by atoms with Crippen molar-refractivity contribution in [1.82, 2.24) is 25.2 Å². The van der Waals surface area contributed by atoms with Gasteiger partial charge < -0.3 is 25.0 Å². The third-order valence-electron chi connectivity index (χ3n) is 12.6. The number of fused-ring (bicyclic) bond motifs is 5. The molecule has 6 aliphatic rings. The molecule has 4 heterocycles. The van der Waals surface area contributed by atoms with Gasteiger partial charge in [-0.15, -0.1) is 0 Å². The number of nitrogens with one attached hydrogen (secondary N) is 3. The number of nitrogens with zero attached hydrogens (tertiary/aromatic N) is 2. The highest BCUT2D eigenvalue weighted by Crippen LogP contribution is 2.52. The van der Waals surface area contributed by atoms with Gasteiger partial charge in [0.25, 0.3) is 5.91 Å². The number of benzene rings is 1. The topological polar surface area (TPSA) is 173 Å². The lowest BCUT2D eigenvalue weighted by Crippen LogP contribution is -2.58. The van der Waals surface area contributed by atoms with E-state index in [0.717, 1.165) is 31.2 Å². The fraction of sp³-hybridized carbons (Fsp3) is 0.634. The predicted octanol–water partition coefficient (Wildman–Crippen LogP) is 5.06. The molecule has 8 rings (SSSR count). The van der Waals surface area contributed by atoms with Crippen LogP contribution in [-0.2, 0) is 35.6 Å². The Kier molecular flexibility index (Phi) is 9.84. The van der Waals surface area contributed by atoms with Crippen molar-refractivity contribution in [2.45, 2.75) is 138 Å². The van der Waals surface area contributed by atoms with Crippen LogP contribution >= 0.6 is 0 Å². The Morgan fingerprint density at radius 1 is 1.11 bits per heavy atom. The lowest BCUT2D eigenvalue weighted by Gasteiger charge is -2.37. The first-order valence-corrected chi connectivity index (χ1v) is 21.7. The Morgan fingerprint density at radius 2 is 1.89 bits per heavy atom. The van der Waals surface area contributed by atoms with E-state index in [9.17, 15) is 27.6 Å². The van der Waals surface area contributed by atoms with Crippen molar-refractivity contribution in [3.8, 4) is 5.75 Å². The number of amides is 4. The molecular weight excluding hydrogens is 742 g/mol. The highest BCUT2D eigenvalue weighted by Gasteiger charge is 2.64. The number of para-hydroxylation sites is 1. The number of sulfonamides is 1. The third-order valence-corrected chi connectivity index (χ3v) is 14.8. The predicted molar refractivity (Wildman–Crippen MR) is 204 cm³/mol. The second-order valence-electron chi connectivity index (χ2n) is 17.6. The Hall–Kier alpha value is -4.27. The highest BCUT2D eigenvalue weighted by atomic mass is 32.2. The molecule has 1 aromatic carbocycles. The molecule has 0 radical (unpaired) electrons. The fourth-order valence-electron chi connectivity index (χ4n) is 8.60. The van der Waals surface area contributed by atoms with Crippen molar-refractivity contribution >= 4 is 44.7 Å². The molecule has 5 atom stereocenters. The molecule has 2 aromatic rings. The first-order chi connectivity index (χ1) is 26.6. The Morgan fingerprint density at radius 3 is 2.62 bits per heavy atom. The van der Waals surface area contributed by atoms with Crippen molar-refractivity contribution in [2.75, 3.05) is 13.2 Å².